The number of nitrogen functional groups attached to an aromatic ring is 1. The summed E-state index contributed by atoms with van der Waals surface area (Å²) < 4.78 is 5.45. The van der Waals surface area contributed by atoms with Crippen LogP contribution >= 0.6 is 0 Å². The summed E-state index contributed by atoms with van der Waals surface area (Å²) in [6.45, 7) is 4.01. The largest absolute Gasteiger partial charge is 0.383 e. The Morgan fingerprint density at radius 3 is 2.73 bits per heavy atom. The first kappa shape index (κ1) is 11.9. The Labute approximate surface area is 90.6 Å². The molecule has 0 fully saturated rings. The third kappa shape index (κ3) is 2.27. The summed E-state index contributed by atoms with van der Waals surface area (Å²) in [5, 5.41) is 0. The second kappa shape index (κ2) is 4.59. The number of anilines is 1. The predicted molar refractivity (Wildman–Crippen MR) is 61.3 cm³/mol. The van der Waals surface area contributed by atoms with E-state index in [2.05, 4.69) is 4.98 Å². The Morgan fingerprint density at radius 1 is 1.60 bits per heavy atom. The molecule has 2 unspecified atom stereocenters. The van der Waals surface area contributed by atoms with Crippen LogP contribution in [0.2, 0.25) is 0 Å². The topological polar surface area (TPSA) is 74.2 Å². The first-order valence-corrected chi connectivity index (χ1v) is 5.06. The van der Waals surface area contributed by atoms with E-state index in [4.69, 9.17) is 16.2 Å². The average molecular weight is 209 g/mol. The fourth-order valence-corrected chi connectivity index (χ4v) is 1.51. The monoisotopic (exact) mass is 209 g/mol. The van der Waals surface area contributed by atoms with Crippen LogP contribution in [0.4, 0.5) is 5.82 Å². The van der Waals surface area contributed by atoms with Crippen molar-refractivity contribution in [2.75, 3.05) is 12.8 Å². The van der Waals surface area contributed by atoms with Crippen LogP contribution in [0.1, 0.15) is 31.9 Å². The van der Waals surface area contributed by atoms with E-state index in [1.165, 1.54) is 0 Å². The van der Waals surface area contributed by atoms with Gasteiger partial charge in [-0.05, 0) is 19.4 Å². The van der Waals surface area contributed by atoms with Gasteiger partial charge in [-0.2, -0.15) is 0 Å². The minimum atomic E-state index is -0.406. The van der Waals surface area contributed by atoms with Crippen molar-refractivity contribution in [2.24, 2.45) is 5.73 Å². The first-order chi connectivity index (χ1) is 7.05. The van der Waals surface area contributed by atoms with Crippen molar-refractivity contribution in [3.63, 3.8) is 0 Å². The minimum Gasteiger partial charge on any atom is -0.383 e. The molecule has 2 atom stereocenters. The Morgan fingerprint density at radius 2 is 2.27 bits per heavy atom. The normalized spacial score (nSPS) is 17.1. The molecule has 0 aromatic carbocycles. The molecule has 0 bridgehead atoms. The first-order valence-electron chi connectivity index (χ1n) is 5.06. The van der Waals surface area contributed by atoms with Crippen molar-refractivity contribution < 1.29 is 4.74 Å². The van der Waals surface area contributed by atoms with Crippen molar-refractivity contribution in [2.45, 2.75) is 31.9 Å². The van der Waals surface area contributed by atoms with Gasteiger partial charge in [-0.15, -0.1) is 0 Å². The van der Waals surface area contributed by atoms with Gasteiger partial charge in [0.1, 0.15) is 5.82 Å². The summed E-state index contributed by atoms with van der Waals surface area (Å²) in [5.74, 6) is 0.474. The van der Waals surface area contributed by atoms with Gasteiger partial charge < -0.3 is 16.2 Å². The Hall–Kier alpha value is -1.13. The number of nitrogens with zero attached hydrogens (tertiary/aromatic N) is 1. The molecule has 0 aliphatic carbocycles. The van der Waals surface area contributed by atoms with Crippen molar-refractivity contribution in [3.8, 4) is 0 Å². The lowest BCUT2D eigenvalue weighted by Crippen LogP contribution is -2.40. The maximum Gasteiger partial charge on any atom is 0.128 e. The number of methoxy groups -OCH3 is 1. The highest BCUT2D eigenvalue weighted by molar-refractivity contribution is 5.41. The van der Waals surface area contributed by atoms with Crippen LogP contribution in [0.15, 0.2) is 18.3 Å². The summed E-state index contributed by atoms with van der Waals surface area (Å²) in [5.41, 5.74) is 12.4. The molecule has 4 N–H and O–H groups in total. The Kier molecular flexibility index (Phi) is 3.66. The lowest BCUT2D eigenvalue weighted by Gasteiger charge is -2.33. The summed E-state index contributed by atoms with van der Waals surface area (Å²) in [6, 6.07) is 3.46. The maximum absolute atomic E-state index is 6.15. The van der Waals surface area contributed by atoms with Gasteiger partial charge >= 0.3 is 0 Å². The van der Waals surface area contributed by atoms with Crippen molar-refractivity contribution in [1.29, 1.82) is 0 Å². The number of ether oxygens (including phenoxy) is 1. The van der Waals surface area contributed by atoms with Gasteiger partial charge in [-0.1, -0.05) is 13.0 Å². The lowest BCUT2D eigenvalue weighted by molar-refractivity contribution is -0.0193. The van der Waals surface area contributed by atoms with Crippen LogP contribution in [0.5, 0.6) is 0 Å². The summed E-state index contributed by atoms with van der Waals surface area (Å²) >= 11 is 0. The van der Waals surface area contributed by atoms with Gasteiger partial charge in [0.15, 0.2) is 0 Å². The molecular weight excluding hydrogens is 190 g/mol. The quantitative estimate of drug-likeness (QED) is 0.787. The molecule has 0 aliphatic rings. The summed E-state index contributed by atoms with van der Waals surface area (Å²) in [4.78, 5) is 4.02. The van der Waals surface area contributed by atoms with E-state index in [9.17, 15) is 0 Å². The fourth-order valence-electron chi connectivity index (χ4n) is 1.51. The molecule has 1 heterocycles. The van der Waals surface area contributed by atoms with Crippen LogP contribution in [-0.2, 0) is 4.74 Å². The zero-order chi connectivity index (χ0) is 11.5. The highest BCUT2D eigenvalue weighted by Crippen LogP contribution is 2.31. The van der Waals surface area contributed by atoms with E-state index in [0.29, 0.717) is 5.82 Å². The van der Waals surface area contributed by atoms with E-state index < -0.39 is 5.60 Å². The molecule has 4 heteroatoms. The van der Waals surface area contributed by atoms with E-state index in [0.717, 1.165) is 12.0 Å². The lowest BCUT2D eigenvalue weighted by atomic mass is 9.88. The average Bonchev–Trinajstić information content (AvgIpc) is 2.28. The molecule has 0 saturated heterocycles. The van der Waals surface area contributed by atoms with Crippen molar-refractivity contribution >= 4 is 5.82 Å². The number of nitrogens with two attached hydrogens (primary N) is 2. The molecule has 0 amide bonds. The third-order valence-corrected chi connectivity index (χ3v) is 3.03. The van der Waals surface area contributed by atoms with Gasteiger partial charge in [0.2, 0.25) is 0 Å². The second-order valence-corrected chi connectivity index (χ2v) is 3.83. The van der Waals surface area contributed by atoms with Crippen LogP contribution in [-0.4, -0.2) is 17.7 Å². The van der Waals surface area contributed by atoms with Crippen molar-refractivity contribution in [3.05, 3.63) is 23.9 Å². The number of aromatic nitrogens is 1. The molecule has 15 heavy (non-hydrogen) atoms. The molecule has 1 rings (SSSR count). The van der Waals surface area contributed by atoms with Gasteiger partial charge in [0.05, 0.1) is 11.6 Å². The van der Waals surface area contributed by atoms with Crippen LogP contribution < -0.4 is 11.5 Å². The number of hydrogen-bond donors (Lipinski definition) is 2. The fraction of sp³-hybridized carbons (Fsp3) is 0.545. The second-order valence-electron chi connectivity index (χ2n) is 3.83. The number of hydrogen-bond acceptors (Lipinski definition) is 4. The van der Waals surface area contributed by atoms with Gasteiger partial charge in [0, 0.05) is 18.9 Å². The zero-order valence-corrected chi connectivity index (χ0v) is 9.53. The number of rotatable bonds is 4. The predicted octanol–water partition coefficient (Wildman–Crippen LogP) is 1.48. The molecule has 0 saturated carbocycles. The van der Waals surface area contributed by atoms with E-state index in [-0.39, 0.29) is 6.04 Å². The Balaban J connectivity index is 3.03. The molecular formula is C11H19N3O. The third-order valence-electron chi connectivity index (χ3n) is 3.03. The zero-order valence-electron chi connectivity index (χ0n) is 9.53. The van der Waals surface area contributed by atoms with Crippen LogP contribution in [0.3, 0.4) is 0 Å². The van der Waals surface area contributed by atoms with Gasteiger partial charge in [-0.25, -0.2) is 4.98 Å². The molecule has 4 nitrogen and oxygen atoms in total. The molecule has 84 valence electrons. The maximum atomic E-state index is 6.15. The molecule has 0 spiro atoms. The summed E-state index contributed by atoms with van der Waals surface area (Å²) in [6.07, 6.45) is 2.47. The van der Waals surface area contributed by atoms with E-state index >= 15 is 0 Å². The smallest absolute Gasteiger partial charge is 0.128 e. The SMILES string of the molecule is CCC(C)(OC)C(N)c1cccnc1N. The standard InChI is InChI=1S/C11H19N3O/c1-4-11(2,15-3)9(12)8-6-5-7-14-10(8)13/h5-7,9H,4,12H2,1-3H3,(H2,13,14). The molecule has 0 aliphatic heterocycles. The summed E-state index contributed by atoms with van der Waals surface area (Å²) in [7, 11) is 1.66. The van der Waals surface area contributed by atoms with Gasteiger partial charge in [0.25, 0.3) is 0 Å². The molecule has 1 aromatic rings. The van der Waals surface area contributed by atoms with E-state index in [1.807, 2.05) is 26.0 Å². The van der Waals surface area contributed by atoms with Gasteiger partial charge in [-0.3, -0.25) is 0 Å². The highest BCUT2D eigenvalue weighted by Gasteiger charge is 2.32. The highest BCUT2D eigenvalue weighted by atomic mass is 16.5. The van der Waals surface area contributed by atoms with E-state index in [1.54, 1.807) is 13.3 Å². The molecule has 0 radical (unpaired) electrons. The molecule has 1 aromatic heterocycles. The van der Waals surface area contributed by atoms with Crippen LogP contribution in [0, 0.1) is 0 Å². The number of pyridine rings is 1. The van der Waals surface area contributed by atoms with Crippen LogP contribution in [0.25, 0.3) is 0 Å². The Bertz CT molecular complexity index is 323. The minimum absolute atomic E-state index is 0.263. The van der Waals surface area contributed by atoms with Crippen molar-refractivity contribution in [1.82, 2.24) is 4.98 Å².